The molecule has 3 heteroatoms. The highest BCUT2D eigenvalue weighted by Crippen LogP contribution is 2.52. The first-order chi connectivity index (χ1) is 19.3. The molecule has 1 aliphatic heterocycles. The minimum absolute atomic E-state index is 0.452. The number of hydrogen-bond donors (Lipinski definition) is 0. The fraction of sp³-hybridized carbons (Fsp3) is 0.0556. The van der Waals surface area contributed by atoms with E-state index in [9.17, 15) is 0 Å². The summed E-state index contributed by atoms with van der Waals surface area (Å²) in [5, 5.41) is 5.86. The van der Waals surface area contributed by atoms with Crippen molar-refractivity contribution in [1.82, 2.24) is 4.57 Å². The van der Waals surface area contributed by atoms with Crippen LogP contribution in [0.1, 0.15) is 17.5 Å². The van der Waals surface area contributed by atoms with E-state index in [2.05, 4.69) is 126 Å². The van der Waals surface area contributed by atoms with Gasteiger partial charge >= 0.3 is 0 Å². The summed E-state index contributed by atoms with van der Waals surface area (Å²) in [4.78, 5) is 1.39. The largest absolute Gasteiger partial charge is 0.309 e. The summed E-state index contributed by atoms with van der Waals surface area (Å²) < 4.78 is 5.17. The van der Waals surface area contributed by atoms with Gasteiger partial charge in [0.05, 0.1) is 11.0 Å². The van der Waals surface area contributed by atoms with Crippen molar-refractivity contribution >= 4 is 76.2 Å². The van der Waals surface area contributed by atoms with Crippen molar-refractivity contribution in [3.63, 3.8) is 0 Å². The first-order valence-electron chi connectivity index (χ1n) is 13.4. The summed E-state index contributed by atoms with van der Waals surface area (Å²) in [5.74, 6) is 0. The number of nitrogens with zero attached hydrogens (tertiary/aromatic N) is 1. The van der Waals surface area contributed by atoms with Crippen LogP contribution in [0.15, 0.2) is 126 Å². The standard InChI is InChI=1S/C36H23NS2/c1-4-12-30-25(8-1)26-9-2-5-13-31(26)37(30)23-17-19-28-27-18-16-22(20-34(27)39-35(28)21-23)24-11-7-15-33-36(24)29-10-3-6-14-32(29)38-33/h1-19,21,34H,20H2. The minimum Gasteiger partial charge on any atom is -0.309 e. The highest BCUT2D eigenvalue weighted by Gasteiger charge is 2.31. The maximum atomic E-state index is 2.42. The molecule has 0 spiro atoms. The first kappa shape index (κ1) is 21.8. The zero-order valence-electron chi connectivity index (χ0n) is 21.1. The zero-order chi connectivity index (χ0) is 25.5. The Labute approximate surface area is 234 Å². The van der Waals surface area contributed by atoms with Gasteiger partial charge in [-0.2, -0.15) is 0 Å². The van der Waals surface area contributed by atoms with Gasteiger partial charge in [-0.1, -0.05) is 84.9 Å². The highest BCUT2D eigenvalue weighted by atomic mass is 32.2. The SMILES string of the molecule is C1=C(c2cccc3sc4ccccc4c23)CC2Sc3cc(-n4c5ccccc5c5ccccc54)ccc3C2=C1. The van der Waals surface area contributed by atoms with Crippen LogP contribution in [-0.4, -0.2) is 9.82 Å². The van der Waals surface area contributed by atoms with E-state index in [0.29, 0.717) is 5.25 Å². The Kier molecular flexibility index (Phi) is 4.60. The predicted octanol–water partition coefficient (Wildman–Crippen LogP) is 10.5. The molecule has 184 valence electrons. The number of aromatic nitrogens is 1. The molecule has 0 saturated carbocycles. The van der Waals surface area contributed by atoms with Gasteiger partial charge in [0.1, 0.15) is 0 Å². The van der Waals surface area contributed by atoms with E-state index in [1.807, 2.05) is 23.1 Å². The number of allylic oxidation sites excluding steroid dienone is 3. The molecule has 0 saturated heterocycles. The molecule has 9 rings (SSSR count). The van der Waals surface area contributed by atoms with Crippen molar-refractivity contribution in [3.8, 4) is 5.69 Å². The molecule has 1 unspecified atom stereocenters. The van der Waals surface area contributed by atoms with Gasteiger partial charge in [-0.15, -0.1) is 23.1 Å². The van der Waals surface area contributed by atoms with Crippen LogP contribution in [-0.2, 0) is 0 Å². The van der Waals surface area contributed by atoms with Crippen molar-refractivity contribution in [2.45, 2.75) is 16.6 Å². The third-order valence-corrected chi connectivity index (χ3v) is 10.8. The van der Waals surface area contributed by atoms with Crippen molar-refractivity contribution in [1.29, 1.82) is 0 Å². The number of thioether (sulfide) groups is 1. The van der Waals surface area contributed by atoms with Crippen molar-refractivity contribution in [3.05, 3.63) is 132 Å². The second kappa shape index (κ2) is 8.22. The van der Waals surface area contributed by atoms with E-state index >= 15 is 0 Å². The molecule has 0 bridgehead atoms. The normalized spacial score (nSPS) is 16.6. The van der Waals surface area contributed by atoms with Gasteiger partial charge in [0.2, 0.25) is 0 Å². The van der Waals surface area contributed by atoms with Crippen LogP contribution in [0.4, 0.5) is 0 Å². The lowest BCUT2D eigenvalue weighted by atomic mass is 9.88. The molecule has 0 fully saturated rings. The maximum Gasteiger partial charge on any atom is 0.0541 e. The smallest absolute Gasteiger partial charge is 0.0541 e. The molecule has 1 atom stereocenters. The molecule has 0 amide bonds. The number of fused-ring (bicyclic) bond motifs is 9. The van der Waals surface area contributed by atoms with Crippen molar-refractivity contribution < 1.29 is 0 Å². The third kappa shape index (κ3) is 3.15. The fourth-order valence-electron chi connectivity index (χ4n) is 6.63. The van der Waals surface area contributed by atoms with Crippen LogP contribution in [0, 0.1) is 0 Å². The lowest BCUT2D eigenvalue weighted by Gasteiger charge is -2.19. The minimum atomic E-state index is 0.452. The van der Waals surface area contributed by atoms with Gasteiger partial charge in [0.15, 0.2) is 0 Å². The summed E-state index contributed by atoms with van der Waals surface area (Å²) in [6, 6.07) is 40.2. The number of rotatable bonds is 2. The lowest BCUT2D eigenvalue weighted by molar-refractivity contribution is 1.11. The molecular formula is C36H23NS2. The Balaban J connectivity index is 1.14. The van der Waals surface area contributed by atoms with Gasteiger partial charge in [0.25, 0.3) is 0 Å². The molecule has 5 aromatic carbocycles. The monoisotopic (exact) mass is 533 g/mol. The Morgan fingerprint density at radius 3 is 2.15 bits per heavy atom. The van der Waals surface area contributed by atoms with E-state index < -0.39 is 0 Å². The Bertz CT molecular complexity index is 2140. The van der Waals surface area contributed by atoms with Crippen molar-refractivity contribution in [2.75, 3.05) is 0 Å². The number of para-hydroxylation sites is 2. The maximum absolute atomic E-state index is 2.42. The summed E-state index contributed by atoms with van der Waals surface area (Å²) in [6.45, 7) is 0. The summed E-state index contributed by atoms with van der Waals surface area (Å²) in [7, 11) is 0. The zero-order valence-corrected chi connectivity index (χ0v) is 22.7. The first-order valence-corrected chi connectivity index (χ1v) is 15.1. The van der Waals surface area contributed by atoms with Crippen LogP contribution in [0.5, 0.6) is 0 Å². The molecule has 1 aliphatic carbocycles. The Hall–Kier alpha value is -4.05. The van der Waals surface area contributed by atoms with Gasteiger partial charge < -0.3 is 4.57 Å². The topological polar surface area (TPSA) is 4.93 Å². The predicted molar refractivity (Wildman–Crippen MR) is 170 cm³/mol. The van der Waals surface area contributed by atoms with Gasteiger partial charge in [0, 0.05) is 46.8 Å². The van der Waals surface area contributed by atoms with Crippen molar-refractivity contribution in [2.24, 2.45) is 0 Å². The fourth-order valence-corrected chi connectivity index (χ4v) is 9.16. The molecule has 2 aromatic heterocycles. The van der Waals surface area contributed by atoms with E-state index in [1.165, 1.54) is 74.8 Å². The molecule has 7 aromatic rings. The van der Waals surface area contributed by atoms with E-state index in [4.69, 9.17) is 0 Å². The third-order valence-electron chi connectivity index (χ3n) is 8.35. The molecule has 39 heavy (non-hydrogen) atoms. The molecule has 2 aliphatic rings. The number of thiophene rings is 1. The van der Waals surface area contributed by atoms with E-state index in [0.717, 1.165) is 6.42 Å². The van der Waals surface area contributed by atoms with E-state index in [-0.39, 0.29) is 0 Å². The number of benzene rings is 5. The summed E-state index contributed by atoms with van der Waals surface area (Å²) in [5.41, 5.74) is 9.46. The molecule has 1 nitrogen and oxygen atoms in total. The Morgan fingerprint density at radius 2 is 1.33 bits per heavy atom. The average Bonchev–Trinajstić information content (AvgIpc) is 3.65. The van der Waals surface area contributed by atoms with Gasteiger partial charge in [-0.3, -0.25) is 0 Å². The van der Waals surface area contributed by atoms with Crippen LogP contribution >= 0.6 is 23.1 Å². The Morgan fingerprint density at radius 1 is 0.615 bits per heavy atom. The van der Waals surface area contributed by atoms with Crippen LogP contribution in [0.3, 0.4) is 0 Å². The molecule has 0 radical (unpaired) electrons. The van der Waals surface area contributed by atoms with Crippen LogP contribution in [0.25, 0.3) is 58.8 Å². The summed E-state index contributed by atoms with van der Waals surface area (Å²) in [6.07, 6.45) is 5.82. The quantitative estimate of drug-likeness (QED) is 0.214. The van der Waals surface area contributed by atoms with E-state index in [1.54, 1.807) is 0 Å². The molecule has 3 heterocycles. The van der Waals surface area contributed by atoms with Gasteiger partial charge in [-0.05, 0) is 65.1 Å². The average molecular weight is 534 g/mol. The second-order valence-electron chi connectivity index (χ2n) is 10.5. The highest BCUT2D eigenvalue weighted by molar-refractivity contribution is 8.00. The van der Waals surface area contributed by atoms with Crippen LogP contribution < -0.4 is 0 Å². The number of hydrogen-bond acceptors (Lipinski definition) is 2. The summed E-state index contributed by atoms with van der Waals surface area (Å²) >= 11 is 3.93. The second-order valence-corrected chi connectivity index (χ2v) is 12.8. The molecular weight excluding hydrogens is 511 g/mol. The lowest BCUT2D eigenvalue weighted by Crippen LogP contribution is -2.05. The van der Waals surface area contributed by atoms with Gasteiger partial charge in [-0.25, -0.2) is 0 Å². The molecule has 0 N–H and O–H groups in total. The van der Waals surface area contributed by atoms with Crippen LogP contribution in [0.2, 0.25) is 0 Å².